The fourth-order valence-electron chi connectivity index (χ4n) is 3.44. The molecule has 10 heteroatoms. The number of alkyl halides is 3. The first-order valence-corrected chi connectivity index (χ1v) is 10.9. The van der Waals surface area contributed by atoms with Crippen molar-refractivity contribution in [1.82, 2.24) is 8.96 Å². The number of halogens is 3. The maximum absolute atomic E-state index is 13.5. The number of aromatic nitrogens is 2. The molecule has 0 aliphatic rings. The number of hydrogen-bond acceptors (Lipinski definition) is 5. The van der Waals surface area contributed by atoms with Crippen molar-refractivity contribution in [2.24, 2.45) is 0 Å². The summed E-state index contributed by atoms with van der Waals surface area (Å²) in [5.41, 5.74) is 0.558. The van der Waals surface area contributed by atoms with Crippen LogP contribution in [0.25, 0.3) is 11.0 Å². The van der Waals surface area contributed by atoms with Crippen molar-refractivity contribution in [2.75, 3.05) is 7.11 Å². The van der Waals surface area contributed by atoms with Gasteiger partial charge in [0.25, 0.3) is 10.0 Å². The van der Waals surface area contributed by atoms with Crippen LogP contribution in [-0.4, -0.2) is 30.5 Å². The highest BCUT2D eigenvalue weighted by Crippen LogP contribution is 2.32. The molecule has 0 N–H and O–H groups in total. The molecule has 3 rings (SSSR count). The molecule has 2 aromatic heterocycles. The molecule has 2 heterocycles. The molecule has 0 fully saturated rings. The number of carbonyl (C=O) groups is 1. The Kier molecular flexibility index (Phi) is 6.13. The molecule has 0 bridgehead atoms. The zero-order valence-electron chi connectivity index (χ0n) is 17.2. The number of carbonyl (C=O) groups excluding carboxylic acids is 1. The molecule has 0 amide bonds. The van der Waals surface area contributed by atoms with Crippen molar-refractivity contribution in [3.05, 3.63) is 58.9 Å². The summed E-state index contributed by atoms with van der Waals surface area (Å²) in [7, 11) is -2.88. The summed E-state index contributed by atoms with van der Waals surface area (Å²) < 4.78 is 71.9. The van der Waals surface area contributed by atoms with E-state index in [1.165, 1.54) is 25.3 Å². The van der Waals surface area contributed by atoms with Gasteiger partial charge in [-0.1, -0.05) is 6.07 Å². The lowest BCUT2D eigenvalue weighted by molar-refractivity contribution is -0.141. The summed E-state index contributed by atoms with van der Waals surface area (Å²) in [5.74, 6) is -0.461. The second-order valence-corrected chi connectivity index (χ2v) is 9.04. The van der Waals surface area contributed by atoms with E-state index in [9.17, 15) is 26.4 Å². The molecule has 6 nitrogen and oxygen atoms in total. The molecule has 0 aliphatic carbocycles. The van der Waals surface area contributed by atoms with Crippen LogP contribution >= 0.6 is 0 Å². The summed E-state index contributed by atoms with van der Waals surface area (Å²) in [6.45, 7) is 3.52. The number of ether oxygens (including phenoxy) is 1. The van der Waals surface area contributed by atoms with Crippen LogP contribution in [0.5, 0.6) is 0 Å². The Balaban J connectivity index is 2.18. The smallest absolute Gasteiger partial charge is 0.433 e. The van der Waals surface area contributed by atoms with Crippen LogP contribution in [0.3, 0.4) is 0 Å². The maximum Gasteiger partial charge on any atom is 0.433 e. The summed E-state index contributed by atoms with van der Waals surface area (Å²) in [5, 5.41) is 0. The molecular formula is C21H21F3N2O4S. The van der Waals surface area contributed by atoms with E-state index in [-0.39, 0.29) is 40.9 Å². The van der Waals surface area contributed by atoms with Gasteiger partial charge in [-0.05, 0) is 68.1 Å². The summed E-state index contributed by atoms with van der Waals surface area (Å²) in [6.07, 6.45) is -4.22. The quantitative estimate of drug-likeness (QED) is 0.516. The fraction of sp³-hybridized carbons (Fsp3) is 0.333. The molecule has 3 aromatic rings. The first-order valence-electron chi connectivity index (χ1n) is 9.43. The van der Waals surface area contributed by atoms with Crippen LogP contribution in [0.1, 0.15) is 35.4 Å². The molecule has 0 unspecified atom stereocenters. The summed E-state index contributed by atoms with van der Waals surface area (Å²) >= 11 is 0. The Bertz CT molecular complexity index is 1230. The molecular weight excluding hydrogens is 433 g/mol. The molecule has 0 aliphatic heterocycles. The number of pyridine rings is 1. The van der Waals surface area contributed by atoms with Crippen LogP contribution in [0.4, 0.5) is 13.2 Å². The van der Waals surface area contributed by atoms with E-state index in [1.54, 1.807) is 13.8 Å². The van der Waals surface area contributed by atoms with Gasteiger partial charge in [0.05, 0.1) is 23.0 Å². The van der Waals surface area contributed by atoms with Crippen molar-refractivity contribution in [3.8, 4) is 0 Å². The Labute approximate surface area is 177 Å². The Morgan fingerprint density at radius 2 is 1.74 bits per heavy atom. The average Bonchev–Trinajstić information content (AvgIpc) is 3.04. The number of methoxy groups -OCH3 is 1. The van der Waals surface area contributed by atoms with E-state index in [2.05, 4.69) is 9.72 Å². The number of hydrogen-bond donors (Lipinski definition) is 0. The monoisotopic (exact) mass is 454 g/mol. The van der Waals surface area contributed by atoms with E-state index in [0.717, 1.165) is 27.2 Å². The van der Waals surface area contributed by atoms with Gasteiger partial charge in [0, 0.05) is 12.1 Å². The van der Waals surface area contributed by atoms with Crippen molar-refractivity contribution in [2.45, 2.75) is 44.2 Å². The predicted molar refractivity (Wildman–Crippen MR) is 108 cm³/mol. The zero-order chi connectivity index (χ0) is 23.0. The minimum absolute atomic E-state index is 0.0246. The van der Waals surface area contributed by atoms with Crippen molar-refractivity contribution >= 4 is 27.0 Å². The Hall–Kier alpha value is -2.88. The molecule has 0 atom stereocenters. The zero-order valence-corrected chi connectivity index (χ0v) is 18.0. The van der Waals surface area contributed by atoms with E-state index in [4.69, 9.17) is 0 Å². The molecule has 0 saturated carbocycles. The number of benzene rings is 1. The topological polar surface area (TPSA) is 78.3 Å². The number of rotatable bonds is 6. The van der Waals surface area contributed by atoms with Gasteiger partial charge in [-0.3, -0.25) is 4.79 Å². The highest BCUT2D eigenvalue weighted by atomic mass is 32.2. The van der Waals surface area contributed by atoms with Crippen LogP contribution in [0.15, 0.2) is 41.3 Å². The molecule has 0 radical (unpaired) electrons. The lowest BCUT2D eigenvalue weighted by Gasteiger charge is -2.13. The number of aryl methyl sites for hydroxylation is 3. The maximum atomic E-state index is 13.5. The molecule has 0 saturated heterocycles. The SMILES string of the molecule is COC(=O)CCCc1cc2nc(C(F)(F)F)ccc2n1S(=O)(=O)c1cc(C)cc(C)c1. The molecule has 166 valence electrons. The number of nitrogens with zero attached hydrogens (tertiary/aromatic N) is 2. The summed E-state index contributed by atoms with van der Waals surface area (Å²) in [6, 6.07) is 8.01. The standard InChI is InChI=1S/C21H21F3N2O4S/c1-13-9-14(2)11-16(10-13)31(28,29)26-15(5-4-6-20(27)30-3)12-17-18(26)7-8-19(25-17)21(22,23)24/h7-12H,4-6H2,1-3H3. The average molecular weight is 454 g/mol. The fourth-order valence-corrected chi connectivity index (χ4v) is 5.18. The lowest BCUT2D eigenvalue weighted by atomic mass is 10.2. The van der Waals surface area contributed by atoms with Gasteiger partial charge < -0.3 is 4.74 Å². The third kappa shape index (κ3) is 4.73. The van der Waals surface area contributed by atoms with E-state index in [0.29, 0.717) is 0 Å². The first-order chi connectivity index (χ1) is 14.4. The van der Waals surface area contributed by atoms with Gasteiger partial charge >= 0.3 is 12.1 Å². The van der Waals surface area contributed by atoms with Gasteiger partial charge in [0.2, 0.25) is 0 Å². The molecule has 1 aromatic carbocycles. The predicted octanol–water partition coefficient (Wildman–Crippen LogP) is 4.40. The Morgan fingerprint density at radius 1 is 1.10 bits per heavy atom. The largest absolute Gasteiger partial charge is 0.469 e. The van der Waals surface area contributed by atoms with Gasteiger partial charge in [0.15, 0.2) is 0 Å². The minimum Gasteiger partial charge on any atom is -0.469 e. The van der Waals surface area contributed by atoms with E-state index < -0.39 is 27.9 Å². The van der Waals surface area contributed by atoms with Crippen molar-refractivity contribution < 1.29 is 31.1 Å². The van der Waals surface area contributed by atoms with Crippen LogP contribution in [-0.2, 0) is 32.2 Å². The third-order valence-corrected chi connectivity index (χ3v) is 6.49. The van der Waals surface area contributed by atoms with Crippen LogP contribution in [0.2, 0.25) is 0 Å². The van der Waals surface area contributed by atoms with Gasteiger partial charge in [-0.15, -0.1) is 0 Å². The second kappa shape index (κ2) is 8.33. The van der Waals surface area contributed by atoms with Crippen LogP contribution < -0.4 is 0 Å². The van der Waals surface area contributed by atoms with Crippen LogP contribution in [0, 0.1) is 13.8 Å². The lowest BCUT2D eigenvalue weighted by Crippen LogP contribution is -2.16. The summed E-state index contributed by atoms with van der Waals surface area (Å²) in [4.78, 5) is 15.1. The molecule has 0 spiro atoms. The van der Waals surface area contributed by atoms with Gasteiger partial charge in [0.1, 0.15) is 5.69 Å². The normalized spacial score (nSPS) is 12.3. The highest BCUT2D eigenvalue weighted by molar-refractivity contribution is 7.90. The highest BCUT2D eigenvalue weighted by Gasteiger charge is 2.33. The van der Waals surface area contributed by atoms with Gasteiger partial charge in [-0.2, -0.15) is 13.2 Å². The minimum atomic E-state index is -4.66. The van der Waals surface area contributed by atoms with Crippen molar-refractivity contribution in [3.63, 3.8) is 0 Å². The first kappa shape index (κ1) is 22.8. The van der Waals surface area contributed by atoms with E-state index >= 15 is 0 Å². The molecule has 31 heavy (non-hydrogen) atoms. The third-order valence-electron chi connectivity index (χ3n) is 4.75. The number of fused-ring (bicyclic) bond motifs is 1. The Morgan fingerprint density at radius 3 is 2.32 bits per heavy atom. The second-order valence-electron chi connectivity index (χ2n) is 7.26. The van der Waals surface area contributed by atoms with E-state index in [1.807, 2.05) is 6.07 Å². The van der Waals surface area contributed by atoms with Crippen molar-refractivity contribution in [1.29, 1.82) is 0 Å². The number of esters is 1. The van der Waals surface area contributed by atoms with Gasteiger partial charge in [-0.25, -0.2) is 17.4 Å².